The molecule has 0 saturated carbocycles. The fraction of sp³-hybridized carbons (Fsp3) is 0.182. The summed E-state index contributed by atoms with van der Waals surface area (Å²) in [5, 5.41) is 0.211. The van der Waals surface area contributed by atoms with Crippen molar-refractivity contribution >= 4 is 34.0 Å². The fourth-order valence-corrected chi connectivity index (χ4v) is 3.39. The van der Waals surface area contributed by atoms with Crippen molar-refractivity contribution in [1.29, 1.82) is 0 Å². The minimum absolute atomic E-state index is 0.211. The SMILES string of the molecule is O=CC1=CCS[C@@H]1c1ccccc1Br. The summed E-state index contributed by atoms with van der Waals surface area (Å²) in [5.74, 6) is 0.931. The Labute approximate surface area is 95.7 Å². The van der Waals surface area contributed by atoms with Crippen LogP contribution < -0.4 is 0 Å². The summed E-state index contributed by atoms with van der Waals surface area (Å²) in [7, 11) is 0. The second-order valence-corrected chi connectivity index (χ2v) is 5.05. The van der Waals surface area contributed by atoms with E-state index in [-0.39, 0.29) is 5.25 Å². The number of aldehydes is 1. The lowest BCUT2D eigenvalue weighted by Crippen LogP contribution is -1.96. The molecule has 0 amide bonds. The van der Waals surface area contributed by atoms with Crippen LogP contribution in [-0.4, -0.2) is 12.0 Å². The van der Waals surface area contributed by atoms with Crippen molar-refractivity contribution in [3.05, 3.63) is 46.0 Å². The van der Waals surface area contributed by atoms with Crippen molar-refractivity contribution in [2.75, 3.05) is 5.75 Å². The van der Waals surface area contributed by atoms with E-state index in [1.54, 1.807) is 11.8 Å². The summed E-state index contributed by atoms with van der Waals surface area (Å²) < 4.78 is 1.08. The Morgan fingerprint density at radius 3 is 2.93 bits per heavy atom. The van der Waals surface area contributed by atoms with Crippen molar-refractivity contribution in [2.24, 2.45) is 0 Å². The topological polar surface area (TPSA) is 17.1 Å². The number of carbonyl (C=O) groups excluding carboxylic acids is 1. The molecule has 1 aromatic carbocycles. The van der Waals surface area contributed by atoms with Gasteiger partial charge in [0.05, 0.1) is 5.25 Å². The van der Waals surface area contributed by atoms with E-state index in [0.717, 1.165) is 22.1 Å². The molecule has 1 aliphatic rings. The number of hydrogen-bond donors (Lipinski definition) is 0. The highest BCUT2D eigenvalue weighted by Crippen LogP contribution is 2.42. The highest BCUT2D eigenvalue weighted by atomic mass is 79.9. The van der Waals surface area contributed by atoms with Gasteiger partial charge < -0.3 is 0 Å². The summed E-state index contributed by atoms with van der Waals surface area (Å²) in [6.45, 7) is 0. The lowest BCUT2D eigenvalue weighted by molar-refractivity contribution is -0.105. The quantitative estimate of drug-likeness (QED) is 0.766. The molecule has 3 heteroatoms. The smallest absolute Gasteiger partial charge is 0.147 e. The number of rotatable bonds is 2. The zero-order valence-corrected chi connectivity index (χ0v) is 9.85. The average Bonchev–Trinajstić information content (AvgIpc) is 2.66. The first-order valence-corrected chi connectivity index (χ1v) is 6.18. The molecule has 1 atom stereocenters. The molecule has 1 heterocycles. The molecule has 1 aliphatic heterocycles. The van der Waals surface area contributed by atoms with Crippen LogP contribution >= 0.6 is 27.7 Å². The van der Waals surface area contributed by atoms with Crippen molar-refractivity contribution in [3.8, 4) is 0 Å². The lowest BCUT2D eigenvalue weighted by atomic mass is 10.1. The average molecular weight is 269 g/mol. The highest BCUT2D eigenvalue weighted by Gasteiger charge is 2.22. The summed E-state index contributed by atoms with van der Waals surface area (Å²) >= 11 is 5.29. The van der Waals surface area contributed by atoms with Crippen molar-refractivity contribution in [3.63, 3.8) is 0 Å². The monoisotopic (exact) mass is 268 g/mol. The van der Waals surface area contributed by atoms with Crippen molar-refractivity contribution in [1.82, 2.24) is 0 Å². The molecule has 1 aromatic rings. The summed E-state index contributed by atoms with van der Waals surface area (Å²) in [4.78, 5) is 10.8. The van der Waals surface area contributed by atoms with Gasteiger partial charge in [0, 0.05) is 15.8 Å². The third-order valence-electron chi connectivity index (χ3n) is 2.21. The molecule has 14 heavy (non-hydrogen) atoms. The van der Waals surface area contributed by atoms with Crippen LogP contribution in [0.4, 0.5) is 0 Å². The first-order valence-electron chi connectivity index (χ1n) is 4.34. The van der Waals surface area contributed by atoms with Crippen LogP contribution in [0.25, 0.3) is 0 Å². The standard InChI is InChI=1S/C11H9BrOS/c12-10-4-2-1-3-9(10)11-8(7-13)5-6-14-11/h1-5,7,11H,6H2/t11-/m0/s1. The van der Waals surface area contributed by atoms with E-state index in [1.165, 1.54) is 5.56 Å². The number of thioether (sulfide) groups is 1. The van der Waals surface area contributed by atoms with Gasteiger partial charge in [0.1, 0.15) is 6.29 Å². The van der Waals surface area contributed by atoms with E-state index in [0.29, 0.717) is 0 Å². The molecule has 0 fully saturated rings. The van der Waals surface area contributed by atoms with E-state index < -0.39 is 0 Å². The number of halogens is 1. The number of carbonyl (C=O) groups is 1. The lowest BCUT2D eigenvalue weighted by Gasteiger charge is -2.12. The molecule has 0 aliphatic carbocycles. The second kappa shape index (κ2) is 4.32. The summed E-state index contributed by atoms with van der Waals surface area (Å²) in [5.41, 5.74) is 2.08. The van der Waals surface area contributed by atoms with Crippen molar-refractivity contribution in [2.45, 2.75) is 5.25 Å². The van der Waals surface area contributed by atoms with Gasteiger partial charge in [0.25, 0.3) is 0 Å². The van der Waals surface area contributed by atoms with Gasteiger partial charge in [-0.1, -0.05) is 40.2 Å². The minimum Gasteiger partial charge on any atom is -0.298 e. The van der Waals surface area contributed by atoms with Crippen LogP contribution in [0.5, 0.6) is 0 Å². The van der Waals surface area contributed by atoms with Gasteiger partial charge in [-0.25, -0.2) is 0 Å². The fourth-order valence-electron chi connectivity index (χ4n) is 1.51. The summed E-state index contributed by atoms with van der Waals surface area (Å²) in [6.07, 6.45) is 2.96. The molecule has 0 bridgehead atoms. The van der Waals surface area contributed by atoms with Gasteiger partial charge in [0.15, 0.2) is 0 Å². The Morgan fingerprint density at radius 1 is 1.43 bits per heavy atom. The first kappa shape index (κ1) is 9.99. The van der Waals surface area contributed by atoms with Crippen LogP contribution in [-0.2, 0) is 4.79 Å². The van der Waals surface area contributed by atoms with Gasteiger partial charge in [-0.05, 0) is 11.6 Å². The molecule has 0 spiro atoms. The van der Waals surface area contributed by atoms with E-state index in [2.05, 4.69) is 22.0 Å². The highest BCUT2D eigenvalue weighted by molar-refractivity contribution is 9.10. The Hall–Kier alpha value is -0.540. The molecule has 2 rings (SSSR count). The maximum absolute atomic E-state index is 10.8. The molecule has 0 radical (unpaired) electrons. The maximum Gasteiger partial charge on any atom is 0.147 e. The molecule has 0 aromatic heterocycles. The number of hydrogen-bond acceptors (Lipinski definition) is 2. The Balaban J connectivity index is 2.36. The second-order valence-electron chi connectivity index (χ2n) is 3.06. The van der Waals surface area contributed by atoms with E-state index in [9.17, 15) is 4.79 Å². The molecule has 0 unspecified atom stereocenters. The minimum atomic E-state index is 0.211. The Morgan fingerprint density at radius 2 is 2.21 bits per heavy atom. The van der Waals surface area contributed by atoms with Gasteiger partial charge >= 0.3 is 0 Å². The third kappa shape index (κ3) is 1.79. The zero-order chi connectivity index (χ0) is 9.97. The largest absolute Gasteiger partial charge is 0.298 e. The molecular weight excluding hydrogens is 260 g/mol. The Kier molecular flexibility index (Phi) is 3.08. The number of benzene rings is 1. The van der Waals surface area contributed by atoms with Crippen LogP contribution in [0, 0.1) is 0 Å². The normalized spacial score (nSPS) is 20.6. The van der Waals surface area contributed by atoms with Crippen LogP contribution in [0.1, 0.15) is 10.8 Å². The van der Waals surface area contributed by atoms with Crippen LogP contribution in [0.15, 0.2) is 40.4 Å². The predicted octanol–water partition coefficient (Wildman–Crippen LogP) is 3.36. The third-order valence-corrected chi connectivity index (χ3v) is 4.15. The van der Waals surface area contributed by atoms with E-state index >= 15 is 0 Å². The van der Waals surface area contributed by atoms with Crippen LogP contribution in [0.3, 0.4) is 0 Å². The maximum atomic E-state index is 10.8. The van der Waals surface area contributed by atoms with Gasteiger partial charge in [-0.2, -0.15) is 0 Å². The molecule has 1 nitrogen and oxygen atoms in total. The molecule has 0 N–H and O–H groups in total. The van der Waals surface area contributed by atoms with Gasteiger partial charge in [-0.3, -0.25) is 4.79 Å². The first-order chi connectivity index (χ1) is 6.83. The van der Waals surface area contributed by atoms with Gasteiger partial charge in [0.2, 0.25) is 0 Å². The molecule has 0 saturated heterocycles. The Bertz CT molecular complexity index is 387. The predicted molar refractivity (Wildman–Crippen MR) is 63.5 cm³/mol. The van der Waals surface area contributed by atoms with Crippen LogP contribution in [0.2, 0.25) is 0 Å². The van der Waals surface area contributed by atoms with Gasteiger partial charge in [-0.15, -0.1) is 11.8 Å². The molecular formula is C11H9BrOS. The van der Waals surface area contributed by atoms with Crippen molar-refractivity contribution < 1.29 is 4.79 Å². The zero-order valence-electron chi connectivity index (χ0n) is 7.44. The van der Waals surface area contributed by atoms with E-state index in [1.807, 2.05) is 24.3 Å². The molecule has 72 valence electrons. The summed E-state index contributed by atoms with van der Waals surface area (Å²) in [6, 6.07) is 8.06. The van der Waals surface area contributed by atoms with E-state index in [4.69, 9.17) is 0 Å².